The number of hydrogen-bond donors (Lipinski definition) is 5. The molecule has 23 heteroatoms. The van der Waals surface area contributed by atoms with Crippen molar-refractivity contribution in [1.82, 2.24) is 14.8 Å². The van der Waals surface area contributed by atoms with Gasteiger partial charge in [0.2, 0.25) is 5.43 Å². The molecule has 1 aliphatic carbocycles. The van der Waals surface area contributed by atoms with E-state index in [1.54, 1.807) is 59.1 Å². The van der Waals surface area contributed by atoms with E-state index in [0.717, 1.165) is 5.56 Å². The Balaban J connectivity index is 1.07. The van der Waals surface area contributed by atoms with Gasteiger partial charge in [-0.3, -0.25) is 18.6 Å². The Hall–Kier alpha value is -3.69. The second-order valence-electron chi connectivity index (χ2n) is 23.3. The lowest BCUT2D eigenvalue weighted by Gasteiger charge is -2.51. The first kappa shape index (κ1) is 61.9. The van der Waals surface area contributed by atoms with Crippen molar-refractivity contribution in [2.45, 2.75) is 198 Å². The second-order valence-corrected chi connectivity index (χ2v) is 25.0. The molecule has 1 aromatic heterocycles. The van der Waals surface area contributed by atoms with E-state index in [-0.39, 0.29) is 61.1 Å². The van der Waals surface area contributed by atoms with E-state index in [1.165, 1.54) is 20.4 Å². The number of Topliss-reactive ketones (excluding diaryl/α,β-unsaturated/α-hetero) is 1. The number of ketones is 1. The number of carboxylic acids is 1. The third-order valence-electron chi connectivity index (χ3n) is 17.3. The number of aromatic carboxylic acids is 1. The number of carbonyl (C=O) groups is 3. The highest BCUT2D eigenvalue weighted by Crippen LogP contribution is 2.45. The minimum atomic E-state index is -4.22. The summed E-state index contributed by atoms with van der Waals surface area (Å²) < 4.78 is 85.9. The summed E-state index contributed by atoms with van der Waals surface area (Å²) in [4.78, 5) is 55.6. The summed E-state index contributed by atoms with van der Waals surface area (Å²) >= 11 is 0. The number of benzene rings is 1. The molecule has 7 rings (SSSR count). The number of aryl methyl sites for hydroxylation is 2. The molecule has 4 aliphatic heterocycles. The Bertz CT molecular complexity index is 2640. The van der Waals surface area contributed by atoms with E-state index >= 15 is 0 Å². The molecule has 0 bridgehead atoms. The van der Waals surface area contributed by atoms with Gasteiger partial charge in [0.05, 0.1) is 70.9 Å². The number of fused-ring (bicyclic) bond motifs is 1. The molecule has 5 heterocycles. The van der Waals surface area contributed by atoms with Crippen LogP contribution in [0, 0.1) is 23.7 Å². The van der Waals surface area contributed by atoms with Crippen LogP contribution in [0.4, 0.5) is 0 Å². The van der Waals surface area contributed by atoms with Crippen LogP contribution in [0.5, 0.6) is 5.75 Å². The number of methoxy groups -OCH3 is 2. The van der Waals surface area contributed by atoms with Gasteiger partial charge in [0.1, 0.15) is 41.0 Å². The highest BCUT2D eigenvalue weighted by atomic mass is 32.2. The molecule has 18 atom stereocenters. The Morgan fingerprint density at radius 3 is 2.27 bits per heavy atom. The number of ether oxygens (including phenoxy) is 8. The lowest BCUT2D eigenvalue weighted by Crippen LogP contribution is -2.65. The zero-order chi connectivity index (χ0) is 57.4. The zero-order valence-electron chi connectivity index (χ0n) is 47.3. The van der Waals surface area contributed by atoms with Crippen LogP contribution in [-0.2, 0) is 70.0 Å². The van der Waals surface area contributed by atoms with E-state index < -0.39 is 129 Å². The molecule has 1 aromatic carbocycles. The fourth-order valence-electron chi connectivity index (χ4n) is 12.4. The first-order chi connectivity index (χ1) is 36.6. The van der Waals surface area contributed by atoms with Gasteiger partial charge in [-0.2, -0.15) is 8.42 Å². The van der Waals surface area contributed by atoms with Crippen molar-refractivity contribution in [2.75, 3.05) is 53.8 Å². The van der Waals surface area contributed by atoms with Gasteiger partial charge in [-0.1, -0.05) is 20.8 Å². The third kappa shape index (κ3) is 13.0. The zero-order valence-corrected chi connectivity index (χ0v) is 48.1. The molecule has 2 aromatic rings. The van der Waals surface area contributed by atoms with Gasteiger partial charge >= 0.3 is 11.9 Å². The Morgan fingerprint density at radius 1 is 0.936 bits per heavy atom. The predicted octanol–water partition coefficient (Wildman–Crippen LogP) is 3.18. The number of nitrogens with zero attached hydrogens (tertiary/aromatic N) is 2. The molecule has 440 valence electrons. The summed E-state index contributed by atoms with van der Waals surface area (Å²) in [5.41, 5.74) is -4.14. The standard InChI is InChI=1S/C55H85N3O19S/c1-29-26-53(7,69-11)48(76-52-45(61)38(57(9)10)23-30(2)72-52)32(4)46(33(5)51(65)74-40-16-17-55(40,66)47(62)31(3)43(29)59)75-41-27-54(8,70-12)49(34(6)73-41)77-78(67,68)22-19-56-18-13-15-35-24-36-42-39(25-35)71-21-14-20-58(42)28-37(44(36)60)50(63)64/h24-25,28-34,38,40-41,45-49,52,56,61-62,66H,13-23,26-27H2,1-12H3,(H,63,64)/t29-,30-,31+,32+,33-,34+,38+,40-,41+,45-,46+,47-,48-,49+,52+,53-,54-,55-/m1/s1. The van der Waals surface area contributed by atoms with Gasteiger partial charge in [0.15, 0.2) is 12.6 Å². The lowest BCUT2D eigenvalue weighted by atomic mass is 9.67. The molecule has 0 unspecified atom stereocenters. The normalized spacial score (nSPS) is 38.1. The first-order valence-corrected chi connectivity index (χ1v) is 29.0. The van der Waals surface area contributed by atoms with Crippen LogP contribution in [0.3, 0.4) is 0 Å². The topological polar surface area (TPSA) is 287 Å². The van der Waals surface area contributed by atoms with Crippen LogP contribution in [-0.4, -0.2) is 194 Å². The van der Waals surface area contributed by atoms with Crippen LogP contribution < -0.4 is 15.5 Å². The molecule has 4 fully saturated rings. The van der Waals surface area contributed by atoms with Gasteiger partial charge < -0.3 is 73.1 Å². The summed E-state index contributed by atoms with van der Waals surface area (Å²) in [5.74, 6) is -6.05. The summed E-state index contributed by atoms with van der Waals surface area (Å²) in [7, 11) is 2.38. The molecular weight excluding hydrogens is 1040 g/mol. The largest absolute Gasteiger partial charge is 0.491 e. The van der Waals surface area contributed by atoms with Crippen molar-refractivity contribution in [3.8, 4) is 5.75 Å². The average molecular weight is 1120 g/mol. The van der Waals surface area contributed by atoms with Crippen molar-refractivity contribution in [1.29, 1.82) is 0 Å². The Labute approximate surface area is 457 Å². The smallest absolute Gasteiger partial charge is 0.341 e. The van der Waals surface area contributed by atoms with Crippen LogP contribution in [0.25, 0.3) is 10.9 Å². The minimum Gasteiger partial charge on any atom is -0.491 e. The fraction of sp³-hybridized carbons (Fsp3) is 0.782. The summed E-state index contributed by atoms with van der Waals surface area (Å²) in [5, 5.41) is 48.2. The van der Waals surface area contributed by atoms with E-state index in [1.807, 2.05) is 32.0 Å². The monoisotopic (exact) mass is 1120 g/mol. The number of aliphatic hydroxyl groups is 3. The van der Waals surface area contributed by atoms with Crippen molar-refractivity contribution in [3.05, 3.63) is 39.7 Å². The van der Waals surface area contributed by atoms with Gasteiger partial charge in [0.25, 0.3) is 10.1 Å². The number of nitrogens with one attached hydrogen (secondary N) is 1. The fourth-order valence-corrected chi connectivity index (χ4v) is 13.6. The number of carboxylic acid groups (broad SMARTS) is 1. The van der Waals surface area contributed by atoms with Crippen molar-refractivity contribution in [3.63, 3.8) is 0 Å². The second kappa shape index (κ2) is 24.8. The number of rotatable bonds is 17. The maximum Gasteiger partial charge on any atom is 0.341 e. The third-order valence-corrected chi connectivity index (χ3v) is 18.5. The number of carbonyl (C=O) groups excluding carboxylic acids is 2. The van der Waals surface area contributed by atoms with Crippen LogP contribution in [0.2, 0.25) is 0 Å². The van der Waals surface area contributed by atoms with Gasteiger partial charge in [0, 0.05) is 63.7 Å². The average Bonchev–Trinajstić information content (AvgIpc) is 3.70. The number of esters is 1. The number of hydrogen-bond acceptors (Lipinski definition) is 20. The van der Waals surface area contributed by atoms with Crippen molar-refractivity contribution in [2.24, 2.45) is 23.7 Å². The predicted molar refractivity (Wildman–Crippen MR) is 283 cm³/mol. The van der Waals surface area contributed by atoms with E-state index in [0.29, 0.717) is 56.6 Å². The molecule has 0 radical (unpaired) electrons. The SMILES string of the molecule is CO[C@]1(C)C[C@@H](C)C(=O)[C@H](C)[C@@H](O)[C@@]2(O)CC[C@H]2OC(=O)[C@H](C)[C@@H](O[C@H]2C[C@@](C)(OC)[C@@H](OS(=O)(=O)CCNCCCc3cc4c5c(c3)c(=O)c(C(=O)O)cn5CCCO4)[C@H](C)O2)[C@H](C)[C@H]1O[C@@H]1O[C@H](C)C[C@H](N(C)C)[C@H]1O. The quantitative estimate of drug-likeness (QED) is 0.0864. The molecule has 0 spiro atoms. The number of pyridine rings is 1. The molecule has 22 nitrogen and oxygen atoms in total. The molecule has 0 amide bonds. The number of aromatic nitrogens is 1. The van der Waals surface area contributed by atoms with Gasteiger partial charge in [-0.25, -0.2) is 4.79 Å². The van der Waals surface area contributed by atoms with Crippen LogP contribution in [0.15, 0.2) is 23.1 Å². The first-order valence-electron chi connectivity index (χ1n) is 27.5. The Morgan fingerprint density at radius 2 is 1.63 bits per heavy atom. The molecule has 5 N–H and O–H groups in total. The van der Waals surface area contributed by atoms with E-state index in [9.17, 15) is 48.0 Å². The van der Waals surface area contributed by atoms with Crippen molar-refractivity contribution < 1.29 is 85.3 Å². The lowest BCUT2D eigenvalue weighted by molar-refractivity contribution is -0.318. The highest BCUT2D eigenvalue weighted by Gasteiger charge is 2.58. The van der Waals surface area contributed by atoms with E-state index in [4.69, 9.17) is 42.1 Å². The number of aliphatic hydroxyl groups excluding tert-OH is 2. The molecule has 3 saturated heterocycles. The molecule has 5 aliphatic rings. The Kier molecular flexibility index (Phi) is 19.7. The molecule has 78 heavy (non-hydrogen) atoms. The highest BCUT2D eigenvalue weighted by molar-refractivity contribution is 7.86. The van der Waals surface area contributed by atoms with Crippen LogP contribution in [0.1, 0.15) is 116 Å². The minimum absolute atomic E-state index is 0.0382. The van der Waals surface area contributed by atoms with Gasteiger partial charge in [-0.05, 0) is 118 Å². The molecule has 1 saturated carbocycles. The maximum atomic E-state index is 14.5. The van der Waals surface area contributed by atoms with Crippen LogP contribution >= 0.6 is 0 Å². The maximum absolute atomic E-state index is 14.5. The molecular formula is C55H85N3O19S. The van der Waals surface area contributed by atoms with Crippen molar-refractivity contribution >= 4 is 38.7 Å². The summed E-state index contributed by atoms with van der Waals surface area (Å²) in [6, 6.07) is 3.20. The summed E-state index contributed by atoms with van der Waals surface area (Å²) in [6.07, 6.45) is -6.96. The van der Waals surface area contributed by atoms with Gasteiger partial charge in [-0.15, -0.1) is 0 Å². The van der Waals surface area contributed by atoms with E-state index in [2.05, 4.69) is 5.32 Å². The summed E-state index contributed by atoms with van der Waals surface area (Å²) in [6.45, 7) is 15.0. The number of likely N-dealkylation sites (N-methyl/N-ethyl adjacent to an activating group) is 1.